The fourth-order valence-corrected chi connectivity index (χ4v) is 2.43. The first kappa shape index (κ1) is 13.0. The van der Waals surface area contributed by atoms with Gasteiger partial charge in [0.1, 0.15) is 0 Å². The normalized spacial score (nSPS) is 21.0. The summed E-state index contributed by atoms with van der Waals surface area (Å²) in [6.45, 7) is 8.06. The fraction of sp³-hybridized carbons (Fsp3) is 1.00. The molecule has 0 aromatic heterocycles. The van der Waals surface area contributed by atoms with Gasteiger partial charge in [-0.25, -0.2) is 0 Å². The number of hydrogen-bond donors (Lipinski definition) is 1. The first-order valence-electron chi connectivity index (χ1n) is 6.46. The van der Waals surface area contributed by atoms with E-state index in [1.807, 2.05) is 0 Å². The van der Waals surface area contributed by atoms with Crippen molar-refractivity contribution in [3.8, 4) is 0 Å². The van der Waals surface area contributed by atoms with E-state index in [9.17, 15) is 0 Å². The second-order valence-electron chi connectivity index (χ2n) is 5.54. The van der Waals surface area contributed by atoms with E-state index in [-0.39, 0.29) is 0 Å². The Labute approximate surface area is 95.4 Å². The Hall–Kier alpha value is -0.0800. The third-order valence-corrected chi connectivity index (χ3v) is 3.65. The molecule has 1 N–H and O–H groups in total. The molecule has 0 spiro atoms. The number of likely N-dealkylation sites (N-methyl/N-ethyl adjacent to an activating group) is 1. The van der Waals surface area contributed by atoms with E-state index < -0.39 is 0 Å². The summed E-state index contributed by atoms with van der Waals surface area (Å²) in [5.74, 6) is 1.70. The Kier molecular flexibility index (Phi) is 5.07. The molecule has 2 heteroatoms. The minimum Gasteiger partial charge on any atom is -0.312 e. The summed E-state index contributed by atoms with van der Waals surface area (Å²) in [5, 5.41) is 3.75. The van der Waals surface area contributed by atoms with Crippen LogP contribution in [0.2, 0.25) is 0 Å². The lowest BCUT2D eigenvalue weighted by atomic mass is 10.0. The second-order valence-corrected chi connectivity index (χ2v) is 5.54. The molecular weight excluding hydrogens is 184 g/mol. The van der Waals surface area contributed by atoms with Crippen LogP contribution in [0.25, 0.3) is 0 Å². The van der Waals surface area contributed by atoms with Crippen molar-refractivity contribution in [1.82, 2.24) is 10.2 Å². The Morgan fingerprint density at radius 2 is 1.87 bits per heavy atom. The second kappa shape index (κ2) is 5.86. The zero-order valence-corrected chi connectivity index (χ0v) is 11.1. The SMILES string of the molecule is CCC(NCC(C(C)C)N(C)C)C1CC1. The monoisotopic (exact) mass is 212 g/mol. The van der Waals surface area contributed by atoms with Gasteiger partial charge in [0.25, 0.3) is 0 Å². The molecule has 1 aliphatic rings. The lowest BCUT2D eigenvalue weighted by Gasteiger charge is -2.30. The van der Waals surface area contributed by atoms with Crippen LogP contribution in [0.15, 0.2) is 0 Å². The molecule has 1 fully saturated rings. The first-order chi connectivity index (χ1) is 7.06. The van der Waals surface area contributed by atoms with Crippen LogP contribution in [-0.2, 0) is 0 Å². The van der Waals surface area contributed by atoms with Crippen molar-refractivity contribution in [1.29, 1.82) is 0 Å². The lowest BCUT2D eigenvalue weighted by molar-refractivity contribution is 0.215. The molecule has 0 aromatic rings. The predicted octanol–water partition coefficient (Wildman–Crippen LogP) is 2.35. The van der Waals surface area contributed by atoms with Gasteiger partial charge in [-0.1, -0.05) is 20.8 Å². The smallest absolute Gasteiger partial charge is 0.0237 e. The topological polar surface area (TPSA) is 15.3 Å². The summed E-state index contributed by atoms with van der Waals surface area (Å²) in [5.41, 5.74) is 0. The van der Waals surface area contributed by atoms with Crippen molar-refractivity contribution in [3.63, 3.8) is 0 Å². The van der Waals surface area contributed by atoms with Gasteiger partial charge in [0.2, 0.25) is 0 Å². The molecule has 90 valence electrons. The van der Waals surface area contributed by atoms with Gasteiger partial charge in [-0.05, 0) is 45.2 Å². The molecule has 0 amide bonds. The molecule has 1 saturated carbocycles. The van der Waals surface area contributed by atoms with Gasteiger partial charge in [-0.2, -0.15) is 0 Å². The van der Waals surface area contributed by atoms with Crippen molar-refractivity contribution < 1.29 is 0 Å². The van der Waals surface area contributed by atoms with Gasteiger partial charge < -0.3 is 10.2 Å². The van der Waals surface area contributed by atoms with Gasteiger partial charge in [-0.3, -0.25) is 0 Å². The molecule has 2 nitrogen and oxygen atoms in total. The summed E-state index contributed by atoms with van der Waals surface area (Å²) in [6.07, 6.45) is 4.17. The molecule has 0 aromatic carbocycles. The highest BCUT2D eigenvalue weighted by Gasteiger charge is 2.30. The minimum atomic E-state index is 0.665. The molecule has 0 aliphatic heterocycles. The van der Waals surface area contributed by atoms with Gasteiger partial charge in [0.15, 0.2) is 0 Å². The van der Waals surface area contributed by atoms with Crippen LogP contribution in [-0.4, -0.2) is 37.6 Å². The van der Waals surface area contributed by atoms with Crippen LogP contribution in [0.3, 0.4) is 0 Å². The molecule has 2 atom stereocenters. The molecule has 1 rings (SSSR count). The van der Waals surface area contributed by atoms with Crippen LogP contribution < -0.4 is 5.32 Å². The Morgan fingerprint density at radius 1 is 1.27 bits per heavy atom. The largest absolute Gasteiger partial charge is 0.312 e. The predicted molar refractivity (Wildman–Crippen MR) is 67.1 cm³/mol. The van der Waals surface area contributed by atoms with Gasteiger partial charge in [-0.15, -0.1) is 0 Å². The summed E-state index contributed by atoms with van der Waals surface area (Å²) < 4.78 is 0. The van der Waals surface area contributed by atoms with Crippen LogP contribution in [0.1, 0.15) is 40.0 Å². The van der Waals surface area contributed by atoms with Gasteiger partial charge in [0, 0.05) is 18.6 Å². The molecule has 0 bridgehead atoms. The summed E-state index contributed by atoms with van der Waals surface area (Å²) in [7, 11) is 4.37. The molecule has 0 radical (unpaired) electrons. The molecule has 1 aliphatic carbocycles. The van der Waals surface area contributed by atoms with E-state index in [0.717, 1.165) is 24.4 Å². The third-order valence-electron chi connectivity index (χ3n) is 3.65. The van der Waals surface area contributed by atoms with Crippen LogP contribution >= 0.6 is 0 Å². The Bertz CT molecular complexity index is 165. The minimum absolute atomic E-state index is 0.665. The fourth-order valence-electron chi connectivity index (χ4n) is 2.43. The maximum Gasteiger partial charge on any atom is 0.0237 e. The molecule has 0 heterocycles. The zero-order valence-electron chi connectivity index (χ0n) is 11.1. The number of hydrogen-bond acceptors (Lipinski definition) is 2. The molecule has 0 saturated heterocycles. The standard InChI is InChI=1S/C13H28N2/c1-6-12(11-7-8-11)14-9-13(10(2)3)15(4)5/h10-14H,6-9H2,1-5H3. The zero-order chi connectivity index (χ0) is 11.4. The van der Waals surface area contributed by atoms with Crippen molar-refractivity contribution in [3.05, 3.63) is 0 Å². The maximum atomic E-state index is 3.75. The molecule has 15 heavy (non-hydrogen) atoms. The number of nitrogens with zero attached hydrogens (tertiary/aromatic N) is 1. The highest BCUT2D eigenvalue weighted by Crippen LogP contribution is 2.33. The third kappa shape index (κ3) is 4.12. The number of nitrogens with one attached hydrogen (secondary N) is 1. The van der Waals surface area contributed by atoms with Crippen LogP contribution in [0.5, 0.6) is 0 Å². The van der Waals surface area contributed by atoms with Crippen LogP contribution in [0.4, 0.5) is 0 Å². The van der Waals surface area contributed by atoms with Gasteiger partial charge in [0.05, 0.1) is 0 Å². The molecule has 2 unspecified atom stereocenters. The van der Waals surface area contributed by atoms with E-state index in [2.05, 4.69) is 45.1 Å². The average Bonchev–Trinajstić information content (AvgIpc) is 2.94. The maximum absolute atomic E-state index is 3.75. The van der Waals surface area contributed by atoms with Crippen molar-refractivity contribution in [2.24, 2.45) is 11.8 Å². The average molecular weight is 212 g/mol. The van der Waals surface area contributed by atoms with Crippen LogP contribution in [0, 0.1) is 11.8 Å². The Morgan fingerprint density at radius 3 is 2.20 bits per heavy atom. The first-order valence-corrected chi connectivity index (χ1v) is 6.46. The van der Waals surface area contributed by atoms with Gasteiger partial charge >= 0.3 is 0 Å². The number of rotatable bonds is 7. The summed E-state index contributed by atoms with van der Waals surface area (Å²) >= 11 is 0. The highest BCUT2D eigenvalue weighted by molar-refractivity contribution is 4.87. The lowest BCUT2D eigenvalue weighted by Crippen LogP contribution is -2.45. The summed E-state index contributed by atoms with van der Waals surface area (Å²) in [6, 6.07) is 1.43. The van der Waals surface area contributed by atoms with E-state index in [0.29, 0.717) is 6.04 Å². The molecular formula is C13H28N2. The van der Waals surface area contributed by atoms with Crippen molar-refractivity contribution >= 4 is 0 Å². The quantitative estimate of drug-likeness (QED) is 0.697. The Balaban J connectivity index is 2.31. The van der Waals surface area contributed by atoms with E-state index in [4.69, 9.17) is 0 Å². The summed E-state index contributed by atoms with van der Waals surface area (Å²) in [4.78, 5) is 2.34. The van der Waals surface area contributed by atoms with Crippen molar-refractivity contribution in [2.75, 3.05) is 20.6 Å². The van der Waals surface area contributed by atoms with E-state index in [1.54, 1.807) is 0 Å². The van der Waals surface area contributed by atoms with Crippen molar-refractivity contribution in [2.45, 2.75) is 52.1 Å². The van der Waals surface area contributed by atoms with E-state index >= 15 is 0 Å². The van der Waals surface area contributed by atoms with E-state index in [1.165, 1.54) is 19.3 Å². The highest BCUT2D eigenvalue weighted by atomic mass is 15.1.